The van der Waals surface area contributed by atoms with Crippen LogP contribution in [0.3, 0.4) is 0 Å². The van der Waals surface area contributed by atoms with Gasteiger partial charge in [0.05, 0.1) is 17.7 Å². The fourth-order valence-corrected chi connectivity index (χ4v) is 1.92. The maximum absolute atomic E-state index is 13.1. The van der Waals surface area contributed by atoms with Crippen LogP contribution in [0.5, 0.6) is 17.2 Å². The van der Waals surface area contributed by atoms with Crippen molar-refractivity contribution < 1.29 is 13.9 Å². The first-order valence-electron chi connectivity index (χ1n) is 5.62. The van der Waals surface area contributed by atoms with Crippen LogP contribution in [0.15, 0.2) is 36.4 Å². The first-order chi connectivity index (χ1) is 9.51. The Morgan fingerprint density at radius 2 is 1.90 bits per heavy atom. The van der Waals surface area contributed by atoms with E-state index in [0.717, 1.165) is 0 Å². The molecule has 3 nitrogen and oxygen atoms in total. The molecule has 0 aliphatic carbocycles. The highest BCUT2D eigenvalue weighted by Gasteiger charge is 2.10. The summed E-state index contributed by atoms with van der Waals surface area (Å²) in [7, 11) is 1.54. The number of halogens is 2. The third-order valence-corrected chi connectivity index (χ3v) is 3.08. The molecular formula is C14H11ClFNO2S. The van der Waals surface area contributed by atoms with Gasteiger partial charge in [0.1, 0.15) is 28.1 Å². The number of rotatable bonds is 4. The first-order valence-corrected chi connectivity index (χ1v) is 6.40. The summed E-state index contributed by atoms with van der Waals surface area (Å²) in [5, 5.41) is -0.0257. The molecule has 0 amide bonds. The van der Waals surface area contributed by atoms with E-state index < -0.39 is 5.82 Å². The fourth-order valence-electron chi connectivity index (χ4n) is 1.58. The van der Waals surface area contributed by atoms with Gasteiger partial charge in [0.15, 0.2) is 0 Å². The SMILES string of the molecule is COc1ccc(C(N)=S)c(Oc2ccc(F)c(Cl)c2)c1. The number of hydrogen-bond acceptors (Lipinski definition) is 3. The molecule has 0 aliphatic rings. The average Bonchev–Trinajstić information content (AvgIpc) is 2.42. The minimum absolute atomic E-state index is 0.0257. The van der Waals surface area contributed by atoms with Gasteiger partial charge in [-0.3, -0.25) is 0 Å². The number of thiocarbonyl (C=S) groups is 1. The number of ether oxygens (including phenoxy) is 2. The van der Waals surface area contributed by atoms with Crippen LogP contribution in [0.1, 0.15) is 5.56 Å². The molecule has 2 N–H and O–H groups in total. The highest BCUT2D eigenvalue weighted by molar-refractivity contribution is 7.80. The average molecular weight is 312 g/mol. The molecule has 0 heterocycles. The highest BCUT2D eigenvalue weighted by atomic mass is 35.5. The molecule has 20 heavy (non-hydrogen) atoms. The zero-order valence-corrected chi connectivity index (χ0v) is 12.1. The van der Waals surface area contributed by atoms with Crippen molar-refractivity contribution in [3.63, 3.8) is 0 Å². The van der Waals surface area contributed by atoms with Crippen LogP contribution in [0.2, 0.25) is 5.02 Å². The summed E-state index contributed by atoms with van der Waals surface area (Å²) in [5.74, 6) is 0.870. The Kier molecular flexibility index (Phi) is 4.42. The molecule has 2 aromatic carbocycles. The van der Waals surface area contributed by atoms with Crippen LogP contribution in [0.4, 0.5) is 4.39 Å². The quantitative estimate of drug-likeness (QED) is 0.869. The summed E-state index contributed by atoms with van der Waals surface area (Å²) >= 11 is 10.7. The second kappa shape index (κ2) is 6.07. The van der Waals surface area contributed by atoms with E-state index in [1.807, 2.05) is 0 Å². The lowest BCUT2D eigenvalue weighted by Gasteiger charge is -2.12. The van der Waals surface area contributed by atoms with Crippen molar-refractivity contribution in [2.24, 2.45) is 5.73 Å². The second-order valence-corrected chi connectivity index (χ2v) is 4.75. The van der Waals surface area contributed by atoms with Crippen LogP contribution in [0.25, 0.3) is 0 Å². The number of benzene rings is 2. The molecule has 0 spiro atoms. The minimum atomic E-state index is -0.515. The molecule has 0 bridgehead atoms. The van der Waals surface area contributed by atoms with E-state index in [9.17, 15) is 4.39 Å². The smallest absolute Gasteiger partial charge is 0.142 e. The van der Waals surface area contributed by atoms with Gasteiger partial charge in [0.25, 0.3) is 0 Å². The molecule has 0 aliphatic heterocycles. The molecule has 0 atom stereocenters. The van der Waals surface area contributed by atoms with Crippen molar-refractivity contribution in [2.75, 3.05) is 7.11 Å². The van der Waals surface area contributed by atoms with Gasteiger partial charge in [-0.05, 0) is 24.3 Å². The Hall–Kier alpha value is -1.85. The summed E-state index contributed by atoms with van der Waals surface area (Å²) in [5.41, 5.74) is 6.20. The van der Waals surface area contributed by atoms with Crippen LogP contribution in [0, 0.1) is 5.82 Å². The monoisotopic (exact) mass is 311 g/mol. The van der Waals surface area contributed by atoms with E-state index in [2.05, 4.69) is 0 Å². The number of hydrogen-bond donors (Lipinski definition) is 1. The zero-order chi connectivity index (χ0) is 14.7. The van der Waals surface area contributed by atoms with Gasteiger partial charge in [0, 0.05) is 12.1 Å². The summed E-state index contributed by atoms with van der Waals surface area (Å²) in [6, 6.07) is 9.12. The van der Waals surface area contributed by atoms with Crippen molar-refractivity contribution in [3.05, 3.63) is 52.8 Å². The molecule has 2 aromatic rings. The number of nitrogens with two attached hydrogens (primary N) is 1. The topological polar surface area (TPSA) is 44.5 Å². The molecular weight excluding hydrogens is 301 g/mol. The van der Waals surface area contributed by atoms with Crippen molar-refractivity contribution in [1.82, 2.24) is 0 Å². The molecule has 6 heteroatoms. The molecule has 0 radical (unpaired) electrons. The van der Waals surface area contributed by atoms with Crippen LogP contribution >= 0.6 is 23.8 Å². The summed E-state index contributed by atoms with van der Waals surface area (Å²) < 4.78 is 23.9. The van der Waals surface area contributed by atoms with Gasteiger partial charge in [0.2, 0.25) is 0 Å². The Balaban J connectivity index is 2.40. The Morgan fingerprint density at radius 3 is 2.50 bits per heavy atom. The molecule has 0 aromatic heterocycles. The maximum Gasteiger partial charge on any atom is 0.142 e. The molecule has 0 saturated heterocycles. The van der Waals surface area contributed by atoms with Crippen LogP contribution in [-0.4, -0.2) is 12.1 Å². The van der Waals surface area contributed by atoms with E-state index in [-0.39, 0.29) is 10.0 Å². The van der Waals surface area contributed by atoms with Gasteiger partial charge < -0.3 is 15.2 Å². The van der Waals surface area contributed by atoms with Gasteiger partial charge in [-0.15, -0.1) is 0 Å². The van der Waals surface area contributed by atoms with Crippen molar-refractivity contribution in [2.45, 2.75) is 0 Å². The fraction of sp³-hybridized carbons (Fsp3) is 0.0714. The molecule has 0 unspecified atom stereocenters. The van der Waals surface area contributed by atoms with Gasteiger partial charge in [-0.2, -0.15) is 0 Å². The minimum Gasteiger partial charge on any atom is -0.497 e. The highest BCUT2D eigenvalue weighted by Crippen LogP contribution is 2.31. The number of methoxy groups -OCH3 is 1. The Bertz CT molecular complexity index is 664. The second-order valence-electron chi connectivity index (χ2n) is 3.90. The van der Waals surface area contributed by atoms with Gasteiger partial charge in [-0.1, -0.05) is 23.8 Å². The largest absolute Gasteiger partial charge is 0.497 e. The third-order valence-electron chi connectivity index (χ3n) is 2.57. The van der Waals surface area contributed by atoms with E-state index in [1.165, 1.54) is 25.3 Å². The summed E-state index contributed by atoms with van der Waals surface area (Å²) in [4.78, 5) is 0.191. The van der Waals surface area contributed by atoms with E-state index in [1.54, 1.807) is 18.2 Å². The zero-order valence-electron chi connectivity index (χ0n) is 10.5. The van der Waals surface area contributed by atoms with Crippen molar-refractivity contribution >= 4 is 28.8 Å². The van der Waals surface area contributed by atoms with Gasteiger partial charge >= 0.3 is 0 Å². The Morgan fingerprint density at radius 1 is 1.20 bits per heavy atom. The van der Waals surface area contributed by atoms with E-state index >= 15 is 0 Å². The predicted octanol–water partition coefficient (Wildman–Crippen LogP) is 3.91. The van der Waals surface area contributed by atoms with Crippen molar-refractivity contribution in [1.29, 1.82) is 0 Å². The predicted molar refractivity (Wildman–Crippen MR) is 80.4 cm³/mol. The van der Waals surface area contributed by atoms with E-state index in [4.69, 9.17) is 39.0 Å². The van der Waals surface area contributed by atoms with Crippen molar-refractivity contribution in [3.8, 4) is 17.2 Å². The molecule has 0 saturated carbocycles. The first kappa shape index (κ1) is 14.6. The lowest BCUT2D eigenvalue weighted by Crippen LogP contribution is -2.10. The van der Waals surface area contributed by atoms with Gasteiger partial charge in [-0.25, -0.2) is 4.39 Å². The Labute approximate surface area is 126 Å². The standard InChI is InChI=1S/C14H11ClFNO2S/c1-18-8-2-4-10(14(17)20)13(7-8)19-9-3-5-12(16)11(15)6-9/h2-7H,1H3,(H2,17,20). The lowest BCUT2D eigenvalue weighted by atomic mass is 10.2. The molecule has 0 fully saturated rings. The van der Waals surface area contributed by atoms with Crippen LogP contribution in [-0.2, 0) is 0 Å². The molecule has 2 rings (SSSR count). The summed E-state index contributed by atoms with van der Waals surface area (Å²) in [6.45, 7) is 0. The molecule has 104 valence electrons. The summed E-state index contributed by atoms with van der Waals surface area (Å²) in [6.07, 6.45) is 0. The van der Waals surface area contributed by atoms with Crippen LogP contribution < -0.4 is 15.2 Å². The maximum atomic E-state index is 13.1. The normalized spacial score (nSPS) is 10.2. The lowest BCUT2D eigenvalue weighted by molar-refractivity contribution is 0.409. The third kappa shape index (κ3) is 3.18. The van der Waals surface area contributed by atoms with E-state index in [0.29, 0.717) is 22.8 Å².